The van der Waals surface area contributed by atoms with Gasteiger partial charge in [-0.3, -0.25) is 0 Å². The number of benzene rings is 3. The first-order valence-corrected chi connectivity index (χ1v) is 9.63. The monoisotopic (exact) mass is 379 g/mol. The molecule has 3 aromatic carbocycles. The van der Waals surface area contributed by atoms with Crippen molar-refractivity contribution in [2.45, 2.75) is 0 Å². The van der Waals surface area contributed by atoms with Crippen molar-refractivity contribution in [1.29, 1.82) is 0 Å². The zero-order valence-corrected chi connectivity index (χ0v) is 16.4. The molecule has 142 valence electrons. The minimum Gasteiger partial charge on any atom is -0.496 e. The third-order valence-corrected chi connectivity index (χ3v) is 5.31. The van der Waals surface area contributed by atoms with E-state index in [4.69, 9.17) is 9.15 Å². The Balaban J connectivity index is 1.81. The molecule has 0 radical (unpaired) electrons. The van der Waals surface area contributed by atoms with Crippen LogP contribution in [-0.4, -0.2) is 11.7 Å². The van der Waals surface area contributed by atoms with E-state index in [1.165, 1.54) is 0 Å². The molecule has 0 aliphatic carbocycles. The van der Waals surface area contributed by atoms with Crippen LogP contribution in [0.4, 0.5) is 0 Å². The molecule has 29 heavy (non-hydrogen) atoms. The third kappa shape index (κ3) is 2.92. The number of hydrogen-bond acceptors (Lipinski definition) is 2. The first-order chi connectivity index (χ1) is 14.3. The van der Waals surface area contributed by atoms with E-state index < -0.39 is 0 Å². The van der Waals surface area contributed by atoms with Crippen molar-refractivity contribution in [2.75, 3.05) is 7.11 Å². The van der Waals surface area contributed by atoms with Crippen LogP contribution in [0.25, 0.3) is 44.7 Å². The number of rotatable bonds is 4. The topological polar surface area (TPSA) is 27.3 Å². The molecule has 0 N–H and O–H groups in total. The second kappa shape index (κ2) is 7.02. The molecule has 0 atom stereocenters. The fraction of sp³-hybridized carbons (Fsp3) is 0.0769. The lowest BCUT2D eigenvalue weighted by molar-refractivity contribution is 0.420. The number of fused-ring (bicyclic) bond motifs is 1. The summed E-state index contributed by atoms with van der Waals surface area (Å²) in [5.41, 5.74) is 5.40. The quantitative estimate of drug-likeness (QED) is 0.344. The molecule has 5 aromatic rings. The van der Waals surface area contributed by atoms with Crippen LogP contribution >= 0.6 is 0 Å². The van der Waals surface area contributed by atoms with Crippen molar-refractivity contribution in [1.82, 2.24) is 4.57 Å². The molecule has 0 amide bonds. The van der Waals surface area contributed by atoms with E-state index in [9.17, 15) is 0 Å². The van der Waals surface area contributed by atoms with E-state index in [0.717, 1.165) is 50.4 Å². The largest absolute Gasteiger partial charge is 0.496 e. The van der Waals surface area contributed by atoms with Crippen LogP contribution in [0.2, 0.25) is 0 Å². The van der Waals surface area contributed by atoms with Crippen molar-refractivity contribution in [3.63, 3.8) is 0 Å². The van der Waals surface area contributed by atoms with Crippen molar-refractivity contribution >= 4 is 10.9 Å². The smallest absolute Gasteiger partial charge is 0.142 e. The van der Waals surface area contributed by atoms with Crippen LogP contribution in [0.3, 0.4) is 0 Å². The van der Waals surface area contributed by atoms with E-state index in [1.807, 2.05) is 48.5 Å². The number of nitrogens with zero attached hydrogens (tertiary/aromatic N) is 1. The summed E-state index contributed by atoms with van der Waals surface area (Å²) in [6.45, 7) is 0. The lowest BCUT2D eigenvalue weighted by Gasteiger charge is -2.06. The van der Waals surface area contributed by atoms with E-state index >= 15 is 0 Å². The highest BCUT2D eigenvalue weighted by Gasteiger charge is 2.21. The number of aromatic nitrogens is 1. The summed E-state index contributed by atoms with van der Waals surface area (Å²) in [6.07, 6.45) is 2.15. The van der Waals surface area contributed by atoms with Crippen LogP contribution in [0.15, 0.2) is 95.5 Å². The van der Waals surface area contributed by atoms with Crippen molar-refractivity contribution in [3.05, 3.63) is 91.1 Å². The molecule has 2 heterocycles. The van der Waals surface area contributed by atoms with Gasteiger partial charge >= 0.3 is 0 Å². The zero-order chi connectivity index (χ0) is 19.8. The first kappa shape index (κ1) is 17.4. The molecule has 0 spiro atoms. The Kier molecular flexibility index (Phi) is 4.21. The molecule has 0 bridgehead atoms. The van der Waals surface area contributed by atoms with Gasteiger partial charge in [0.25, 0.3) is 0 Å². The maximum atomic E-state index is 6.42. The third-order valence-electron chi connectivity index (χ3n) is 5.31. The average molecular weight is 379 g/mol. The van der Waals surface area contributed by atoms with Gasteiger partial charge in [0, 0.05) is 40.9 Å². The Bertz CT molecular complexity index is 1280. The maximum absolute atomic E-state index is 6.42. The Labute approximate surface area is 169 Å². The molecule has 0 saturated carbocycles. The van der Waals surface area contributed by atoms with Gasteiger partial charge in [-0.1, -0.05) is 66.7 Å². The second-order valence-electron chi connectivity index (χ2n) is 7.09. The van der Waals surface area contributed by atoms with Crippen LogP contribution in [0.5, 0.6) is 5.75 Å². The Morgan fingerprint density at radius 1 is 0.759 bits per heavy atom. The van der Waals surface area contributed by atoms with Crippen LogP contribution < -0.4 is 4.74 Å². The predicted molar refractivity (Wildman–Crippen MR) is 118 cm³/mol. The van der Waals surface area contributed by atoms with E-state index in [2.05, 4.69) is 54.2 Å². The number of hydrogen-bond donors (Lipinski definition) is 0. The normalized spacial score (nSPS) is 11.1. The van der Waals surface area contributed by atoms with Crippen molar-refractivity contribution in [2.24, 2.45) is 7.05 Å². The lowest BCUT2D eigenvalue weighted by Crippen LogP contribution is -1.86. The van der Waals surface area contributed by atoms with Crippen molar-refractivity contribution < 1.29 is 9.15 Å². The van der Waals surface area contributed by atoms with Gasteiger partial charge in [0.15, 0.2) is 0 Å². The lowest BCUT2D eigenvalue weighted by atomic mass is 10.00. The fourth-order valence-corrected chi connectivity index (χ4v) is 3.93. The number of ether oxygens (including phenoxy) is 1. The number of methoxy groups -OCH3 is 1. The Morgan fingerprint density at radius 2 is 1.45 bits per heavy atom. The maximum Gasteiger partial charge on any atom is 0.142 e. The Morgan fingerprint density at radius 3 is 2.14 bits per heavy atom. The van der Waals surface area contributed by atoms with E-state index in [0.29, 0.717) is 0 Å². The van der Waals surface area contributed by atoms with Crippen LogP contribution in [0.1, 0.15) is 0 Å². The molecule has 0 unspecified atom stereocenters. The first-order valence-electron chi connectivity index (χ1n) is 9.63. The average Bonchev–Trinajstić information content (AvgIpc) is 3.37. The van der Waals surface area contributed by atoms with E-state index in [1.54, 1.807) is 7.11 Å². The molecule has 3 heteroatoms. The van der Waals surface area contributed by atoms with Gasteiger partial charge in [-0.2, -0.15) is 0 Å². The summed E-state index contributed by atoms with van der Waals surface area (Å²) in [6, 6.07) is 28.7. The van der Waals surface area contributed by atoms with Gasteiger partial charge < -0.3 is 13.7 Å². The SMILES string of the molecule is COc1cccc2c1c(-c1cc(-c3ccccc3)oc1-c1ccccc1)cn2C. The summed E-state index contributed by atoms with van der Waals surface area (Å²) in [7, 11) is 3.78. The second-order valence-corrected chi connectivity index (χ2v) is 7.09. The molecular weight excluding hydrogens is 358 g/mol. The van der Waals surface area contributed by atoms with Gasteiger partial charge in [-0.15, -0.1) is 0 Å². The summed E-state index contributed by atoms with van der Waals surface area (Å²) in [5, 5.41) is 1.09. The predicted octanol–water partition coefficient (Wildman–Crippen LogP) is 6.78. The summed E-state index contributed by atoms with van der Waals surface area (Å²) >= 11 is 0. The molecule has 0 aliphatic heterocycles. The van der Waals surface area contributed by atoms with Crippen molar-refractivity contribution in [3.8, 4) is 39.5 Å². The number of aryl methyl sites for hydroxylation is 1. The molecular formula is C26H21NO2. The molecule has 5 rings (SSSR count). The molecule has 3 nitrogen and oxygen atoms in total. The highest BCUT2D eigenvalue weighted by molar-refractivity contribution is 6.03. The highest BCUT2D eigenvalue weighted by Crippen LogP contribution is 2.44. The molecule has 2 aromatic heterocycles. The summed E-state index contributed by atoms with van der Waals surface area (Å²) in [4.78, 5) is 0. The van der Waals surface area contributed by atoms with Gasteiger partial charge in [0.1, 0.15) is 17.3 Å². The van der Waals surface area contributed by atoms with E-state index in [-0.39, 0.29) is 0 Å². The standard InChI is InChI=1S/C26H21NO2/c1-27-17-21(25-22(27)14-9-15-23(25)28-2)20-16-24(18-10-5-3-6-11-18)29-26(20)19-12-7-4-8-13-19/h3-17H,1-2H3. The minimum atomic E-state index is 0.853. The van der Waals surface area contributed by atoms with Gasteiger partial charge in [0.05, 0.1) is 12.6 Å². The molecule has 0 saturated heterocycles. The Hall–Kier alpha value is -3.72. The highest BCUT2D eigenvalue weighted by atomic mass is 16.5. The van der Waals surface area contributed by atoms with Gasteiger partial charge in [-0.25, -0.2) is 0 Å². The number of furan rings is 1. The minimum absolute atomic E-state index is 0.853. The van der Waals surface area contributed by atoms with Gasteiger partial charge in [0.2, 0.25) is 0 Å². The summed E-state index contributed by atoms with van der Waals surface area (Å²) < 4.78 is 14.3. The fourth-order valence-electron chi connectivity index (χ4n) is 3.93. The van der Waals surface area contributed by atoms with Crippen LogP contribution in [0, 0.1) is 0 Å². The zero-order valence-electron chi connectivity index (χ0n) is 16.4. The van der Waals surface area contributed by atoms with Gasteiger partial charge in [-0.05, 0) is 18.2 Å². The molecule has 0 fully saturated rings. The molecule has 0 aliphatic rings. The summed E-state index contributed by atoms with van der Waals surface area (Å²) in [5.74, 6) is 2.58. The van der Waals surface area contributed by atoms with Crippen LogP contribution in [-0.2, 0) is 7.05 Å².